The number of halogens is 1. The highest BCUT2D eigenvalue weighted by Gasteiger charge is 2.35. The highest BCUT2D eigenvalue weighted by Crippen LogP contribution is 2.34. The van der Waals surface area contributed by atoms with Crippen LogP contribution >= 0.6 is 0 Å². The Morgan fingerprint density at radius 3 is 2.72 bits per heavy atom. The quantitative estimate of drug-likeness (QED) is 0.861. The van der Waals surface area contributed by atoms with E-state index in [0.29, 0.717) is 18.5 Å². The summed E-state index contributed by atoms with van der Waals surface area (Å²) in [5, 5.41) is 0. The first kappa shape index (κ1) is 17.5. The Kier molecular flexibility index (Phi) is 4.34. The molecule has 3 rings (SSSR count). The van der Waals surface area contributed by atoms with Crippen LogP contribution in [0.1, 0.15) is 38.7 Å². The Hall–Kier alpha value is -2.31. The minimum Gasteiger partial charge on any atom is -0.444 e. The van der Waals surface area contributed by atoms with Crippen LogP contribution in [0.4, 0.5) is 9.18 Å². The number of amides is 1. The Morgan fingerprint density at radius 1 is 1.36 bits per heavy atom. The number of hydrogen-bond acceptors (Lipinski definition) is 3. The third-order valence-electron chi connectivity index (χ3n) is 4.54. The van der Waals surface area contributed by atoms with E-state index in [4.69, 9.17) is 4.74 Å². The van der Waals surface area contributed by atoms with E-state index in [2.05, 4.69) is 4.98 Å². The van der Waals surface area contributed by atoms with Crippen LogP contribution in [-0.4, -0.2) is 45.4 Å². The van der Waals surface area contributed by atoms with Crippen molar-refractivity contribution < 1.29 is 13.9 Å². The average Bonchev–Trinajstić information content (AvgIpc) is 2.80. The van der Waals surface area contributed by atoms with Crippen molar-refractivity contribution >= 4 is 17.1 Å². The third-order valence-corrected chi connectivity index (χ3v) is 4.54. The molecule has 25 heavy (non-hydrogen) atoms. The standard InChI is InChI=1S/C18H24FN3O3/c1-18(2,3)25-17(24)22-9-8-11(13(19)10-22)12-6-5-7-14-15(12)21(4)16(23)20-14/h5-7,11,13H,8-10H2,1-4H3,(H,20,23)/t11-,13?/m1/s1. The van der Waals surface area contributed by atoms with E-state index in [1.165, 1.54) is 9.47 Å². The SMILES string of the molecule is Cn1c(=O)[nH]c2cccc([C@H]3CCN(C(=O)OC(C)(C)C)CC3F)c21. The summed E-state index contributed by atoms with van der Waals surface area (Å²) >= 11 is 0. The van der Waals surface area contributed by atoms with Gasteiger partial charge in [0.2, 0.25) is 0 Å². The number of H-pyrrole nitrogens is 1. The van der Waals surface area contributed by atoms with Gasteiger partial charge in [-0.1, -0.05) is 12.1 Å². The maximum Gasteiger partial charge on any atom is 0.410 e. The lowest BCUT2D eigenvalue weighted by atomic mass is 9.87. The molecule has 2 atom stereocenters. The first-order valence-electron chi connectivity index (χ1n) is 8.47. The zero-order valence-corrected chi connectivity index (χ0v) is 15.0. The van der Waals surface area contributed by atoms with E-state index >= 15 is 0 Å². The number of aromatic nitrogens is 2. The van der Waals surface area contributed by atoms with E-state index in [1.807, 2.05) is 18.2 Å². The number of fused-ring (bicyclic) bond motifs is 1. The van der Waals surface area contributed by atoms with Gasteiger partial charge in [0.15, 0.2) is 0 Å². The van der Waals surface area contributed by atoms with Gasteiger partial charge in [0, 0.05) is 19.5 Å². The summed E-state index contributed by atoms with van der Waals surface area (Å²) in [6.07, 6.45) is -1.21. The molecular weight excluding hydrogens is 325 g/mol. The van der Waals surface area contributed by atoms with Gasteiger partial charge in [0.1, 0.15) is 11.8 Å². The lowest BCUT2D eigenvalue weighted by Gasteiger charge is -2.36. The molecule has 0 radical (unpaired) electrons. The number of rotatable bonds is 1. The van der Waals surface area contributed by atoms with E-state index < -0.39 is 17.9 Å². The number of aryl methyl sites for hydroxylation is 1. The maximum atomic E-state index is 14.9. The van der Waals surface area contributed by atoms with Crippen LogP contribution < -0.4 is 5.69 Å². The van der Waals surface area contributed by atoms with Gasteiger partial charge >= 0.3 is 11.8 Å². The number of imidazole rings is 1. The number of hydrogen-bond donors (Lipinski definition) is 1. The van der Waals surface area contributed by atoms with Crippen molar-refractivity contribution in [3.63, 3.8) is 0 Å². The molecule has 1 N–H and O–H groups in total. The zero-order valence-electron chi connectivity index (χ0n) is 15.0. The molecular formula is C18H24FN3O3. The summed E-state index contributed by atoms with van der Waals surface area (Å²) < 4.78 is 21.7. The number of piperidine rings is 1. The summed E-state index contributed by atoms with van der Waals surface area (Å²) in [4.78, 5) is 28.2. The van der Waals surface area contributed by atoms with E-state index in [9.17, 15) is 14.0 Å². The molecule has 2 aromatic rings. The molecule has 0 bridgehead atoms. The molecule has 1 aliphatic rings. The Balaban J connectivity index is 1.83. The number of aromatic amines is 1. The Bertz CT molecular complexity index is 849. The predicted molar refractivity (Wildman–Crippen MR) is 93.6 cm³/mol. The van der Waals surface area contributed by atoms with Crippen molar-refractivity contribution in [1.82, 2.24) is 14.5 Å². The van der Waals surface area contributed by atoms with Crippen LogP contribution in [0.2, 0.25) is 0 Å². The molecule has 1 aliphatic heterocycles. The second-order valence-electron chi connectivity index (χ2n) is 7.57. The van der Waals surface area contributed by atoms with Gasteiger partial charge in [-0.15, -0.1) is 0 Å². The lowest BCUT2D eigenvalue weighted by molar-refractivity contribution is 0.0112. The highest BCUT2D eigenvalue weighted by molar-refractivity contribution is 5.79. The van der Waals surface area contributed by atoms with Gasteiger partial charge in [-0.2, -0.15) is 0 Å². The van der Waals surface area contributed by atoms with Crippen LogP contribution in [0.15, 0.2) is 23.0 Å². The Labute approximate surface area is 145 Å². The van der Waals surface area contributed by atoms with Gasteiger partial charge < -0.3 is 14.6 Å². The first-order valence-corrected chi connectivity index (χ1v) is 8.47. The highest BCUT2D eigenvalue weighted by atomic mass is 19.1. The van der Waals surface area contributed by atoms with Crippen LogP contribution in [0.5, 0.6) is 0 Å². The fourth-order valence-electron chi connectivity index (χ4n) is 3.38. The van der Waals surface area contributed by atoms with Crippen LogP contribution in [-0.2, 0) is 11.8 Å². The molecule has 1 aromatic heterocycles. The van der Waals surface area contributed by atoms with Gasteiger partial charge in [-0.25, -0.2) is 14.0 Å². The molecule has 136 valence electrons. The van der Waals surface area contributed by atoms with Gasteiger partial charge in [-0.05, 0) is 38.8 Å². The summed E-state index contributed by atoms with van der Waals surface area (Å²) in [6, 6.07) is 5.49. The summed E-state index contributed by atoms with van der Waals surface area (Å²) in [6.45, 7) is 5.79. The first-order chi connectivity index (χ1) is 11.7. The number of alkyl halides is 1. The summed E-state index contributed by atoms with van der Waals surface area (Å²) in [5.41, 5.74) is 1.41. The summed E-state index contributed by atoms with van der Waals surface area (Å²) in [5.74, 6) is -0.358. The minimum absolute atomic E-state index is 0.00562. The third kappa shape index (κ3) is 3.41. The van der Waals surface area contributed by atoms with Crippen molar-refractivity contribution in [2.75, 3.05) is 13.1 Å². The number of para-hydroxylation sites is 1. The van der Waals surface area contributed by atoms with Crippen molar-refractivity contribution in [3.05, 3.63) is 34.2 Å². The van der Waals surface area contributed by atoms with E-state index in [0.717, 1.165) is 11.1 Å². The summed E-state index contributed by atoms with van der Waals surface area (Å²) in [7, 11) is 1.67. The van der Waals surface area contributed by atoms with Crippen molar-refractivity contribution in [2.24, 2.45) is 7.05 Å². The molecule has 1 unspecified atom stereocenters. The Morgan fingerprint density at radius 2 is 2.08 bits per heavy atom. The molecule has 6 nitrogen and oxygen atoms in total. The fraction of sp³-hybridized carbons (Fsp3) is 0.556. The number of benzene rings is 1. The molecule has 1 aromatic carbocycles. The fourth-order valence-corrected chi connectivity index (χ4v) is 3.38. The molecule has 1 amide bonds. The zero-order chi connectivity index (χ0) is 18.4. The van der Waals surface area contributed by atoms with E-state index in [-0.39, 0.29) is 18.2 Å². The average molecular weight is 349 g/mol. The molecule has 1 fully saturated rings. The maximum absolute atomic E-state index is 14.9. The van der Waals surface area contributed by atoms with E-state index in [1.54, 1.807) is 27.8 Å². The number of carbonyl (C=O) groups excluding carboxylic acids is 1. The smallest absolute Gasteiger partial charge is 0.410 e. The van der Waals surface area contributed by atoms with Crippen LogP contribution in [0, 0.1) is 0 Å². The predicted octanol–water partition coefficient (Wildman–Crippen LogP) is 2.93. The van der Waals surface area contributed by atoms with Crippen molar-refractivity contribution in [2.45, 2.75) is 44.9 Å². The topological polar surface area (TPSA) is 67.3 Å². The lowest BCUT2D eigenvalue weighted by Crippen LogP contribution is -2.46. The van der Waals surface area contributed by atoms with Crippen molar-refractivity contribution in [3.8, 4) is 0 Å². The van der Waals surface area contributed by atoms with Gasteiger partial charge in [-0.3, -0.25) is 4.57 Å². The van der Waals surface area contributed by atoms with Gasteiger partial charge in [0.05, 0.1) is 17.6 Å². The second kappa shape index (κ2) is 6.20. The van der Waals surface area contributed by atoms with Crippen LogP contribution in [0.3, 0.4) is 0 Å². The largest absolute Gasteiger partial charge is 0.444 e. The molecule has 0 saturated carbocycles. The number of likely N-dealkylation sites (tertiary alicyclic amines) is 1. The van der Waals surface area contributed by atoms with Gasteiger partial charge in [0.25, 0.3) is 0 Å². The molecule has 2 heterocycles. The molecule has 1 saturated heterocycles. The molecule has 0 aliphatic carbocycles. The van der Waals surface area contributed by atoms with Crippen LogP contribution in [0.25, 0.3) is 11.0 Å². The monoisotopic (exact) mass is 349 g/mol. The van der Waals surface area contributed by atoms with Crippen molar-refractivity contribution in [1.29, 1.82) is 0 Å². The minimum atomic E-state index is -1.21. The number of ether oxygens (including phenoxy) is 1. The number of nitrogens with one attached hydrogen (secondary N) is 1. The second-order valence-corrected chi connectivity index (χ2v) is 7.57. The molecule has 7 heteroatoms. The number of carbonyl (C=O) groups is 1. The normalized spacial score (nSPS) is 21.6. The molecule has 0 spiro atoms. The number of nitrogens with zero attached hydrogens (tertiary/aromatic N) is 2.